The van der Waals surface area contributed by atoms with Crippen molar-refractivity contribution in [3.63, 3.8) is 0 Å². The molecule has 1 aliphatic carbocycles. The maximum atomic E-state index is 10.4. The van der Waals surface area contributed by atoms with Crippen molar-refractivity contribution in [1.82, 2.24) is 9.55 Å². The summed E-state index contributed by atoms with van der Waals surface area (Å²) in [5, 5.41) is 10.4. The fourth-order valence-corrected chi connectivity index (χ4v) is 2.85. The minimum Gasteiger partial charge on any atom is -0.387 e. The maximum absolute atomic E-state index is 10.4. The SMILES string of the molecule is CCn1cncc1C(O)C1CCCC(C)C1. The molecule has 1 heterocycles. The number of hydrogen-bond acceptors (Lipinski definition) is 2. The summed E-state index contributed by atoms with van der Waals surface area (Å²) in [5.74, 6) is 1.18. The lowest BCUT2D eigenvalue weighted by molar-refractivity contribution is 0.0652. The number of hydrogen-bond donors (Lipinski definition) is 1. The van der Waals surface area contributed by atoms with Gasteiger partial charge in [0.25, 0.3) is 0 Å². The second-order valence-electron chi connectivity index (χ2n) is 5.08. The van der Waals surface area contributed by atoms with Crippen LogP contribution in [0.3, 0.4) is 0 Å². The van der Waals surface area contributed by atoms with Gasteiger partial charge in [0.2, 0.25) is 0 Å². The van der Waals surface area contributed by atoms with Crippen molar-refractivity contribution in [2.45, 2.75) is 52.2 Å². The van der Waals surface area contributed by atoms with E-state index in [0.717, 1.165) is 31.0 Å². The minimum absolute atomic E-state index is 0.329. The Morgan fingerprint density at radius 2 is 2.38 bits per heavy atom. The summed E-state index contributed by atoms with van der Waals surface area (Å²) in [6.07, 6.45) is 8.17. The molecule has 0 aliphatic heterocycles. The van der Waals surface area contributed by atoms with Crippen LogP contribution in [0.25, 0.3) is 0 Å². The van der Waals surface area contributed by atoms with Crippen molar-refractivity contribution in [3.8, 4) is 0 Å². The standard InChI is InChI=1S/C13H22N2O/c1-3-15-9-14-8-12(15)13(16)11-6-4-5-10(2)7-11/h8-11,13,16H,3-7H2,1-2H3. The van der Waals surface area contributed by atoms with Gasteiger partial charge in [-0.2, -0.15) is 0 Å². The molecule has 1 fully saturated rings. The molecule has 0 bridgehead atoms. The highest BCUT2D eigenvalue weighted by Crippen LogP contribution is 2.36. The highest BCUT2D eigenvalue weighted by molar-refractivity contribution is 5.04. The fraction of sp³-hybridized carbons (Fsp3) is 0.769. The van der Waals surface area contributed by atoms with E-state index in [1.165, 1.54) is 12.8 Å². The van der Waals surface area contributed by atoms with Crippen LogP contribution in [0.2, 0.25) is 0 Å². The second kappa shape index (κ2) is 5.00. The first-order valence-corrected chi connectivity index (χ1v) is 6.40. The quantitative estimate of drug-likeness (QED) is 0.854. The molecule has 1 aliphatic rings. The summed E-state index contributed by atoms with van der Waals surface area (Å²) in [5.41, 5.74) is 0.988. The van der Waals surface area contributed by atoms with Crippen molar-refractivity contribution in [2.24, 2.45) is 11.8 Å². The number of aromatic nitrogens is 2. The molecular weight excluding hydrogens is 200 g/mol. The summed E-state index contributed by atoms with van der Waals surface area (Å²) in [7, 11) is 0. The van der Waals surface area contributed by atoms with Gasteiger partial charge >= 0.3 is 0 Å². The summed E-state index contributed by atoms with van der Waals surface area (Å²) in [6, 6.07) is 0. The highest BCUT2D eigenvalue weighted by Gasteiger charge is 2.27. The van der Waals surface area contributed by atoms with E-state index < -0.39 is 0 Å². The van der Waals surface area contributed by atoms with Crippen LogP contribution < -0.4 is 0 Å². The van der Waals surface area contributed by atoms with Crippen LogP contribution in [0.4, 0.5) is 0 Å². The first-order chi connectivity index (χ1) is 7.72. The van der Waals surface area contributed by atoms with Gasteiger partial charge in [0.05, 0.1) is 24.3 Å². The van der Waals surface area contributed by atoms with Crippen LogP contribution in [-0.2, 0) is 6.54 Å². The molecule has 0 radical (unpaired) electrons. The van der Waals surface area contributed by atoms with Gasteiger partial charge < -0.3 is 9.67 Å². The predicted molar refractivity (Wildman–Crippen MR) is 64.0 cm³/mol. The number of aliphatic hydroxyl groups excluding tert-OH is 1. The lowest BCUT2D eigenvalue weighted by Gasteiger charge is -2.30. The second-order valence-corrected chi connectivity index (χ2v) is 5.08. The molecule has 1 N–H and O–H groups in total. The van der Waals surface area contributed by atoms with Crippen LogP contribution in [0.1, 0.15) is 51.3 Å². The zero-order valence-electron chi connectivity index (χ0n) is 10.3. The molecule has 1 aromatic heterocycles. The van der Waals surface area contributed by atoms with Gasteiger partial charge in [-0.25, -0.2) is 4.98 Å². The largest absolute Gasteiger partial charge is 0.387 e. The Kier molecular flexibility index (Phi) is 3.64. The third-order valence-electron chi connectivity index (χ3n) is 3.81. The number of imidazole rings is 1. The van der Waals surface area contributed by atoms with Crippen LogP contribution in [0, 0.1) is 11.8 Å². The van der Waals surface area contributed by atoms with E-state index in [9.17, 15) is 5.11 Å². The van der Waals surface area contributed by atoms with Gasteiger partial charge in [0.15, 0.2) is 0 Å². The third kappa shape index (κ3) is 2.29. The van der Waals surface area contributed by atoms with Crippen LogP contribution in [-0.4, -0.2) is 14.7 Å². The van der Waals surface area contributed by atoms with E-state index in [0.29, 0.717) is 5.92 Å². The molecule has 1 aromatic rings. The molecule has 0 saturated heterocycles. The predicted octanol–water partition coefficient (Wildman–Crippen LogP) is 2.76. The van der Waals surface area contributed by atoms with E-state index in [-0.39, 0.29) is 6.10 Å². The lowest BCUT2D eigenvalue weighted by Crippen LogP contribution is -2.22. The Morgan fingerprint density at radius 1 is 1.56 bits per heavy atom. The van der Waals surface area contributed by atoms with Crippen LogP contribution in [0.15, 0.2) is 12.5 Å². The molecule has 0 spiro atoms. The highest BCUT2D eigenvalue weighted by atomic mass is 16.3. The third-order valence-corrected chi connectivity index (χ3v) is 3.81. The van der Waals surface area contributed by atoms with Gasteiger partial charge in [-0.1, -0.05) is 19.8 Å². The Morgan fingerprint density at radius 3 is 3.06 bits per heavy atom. The molecule has 90 valence electrons. The molecule has 0 aromatic carbocycles. The number of aliphatic hydroxyl groups is 1. The van der Waals surface area contributed by atoms with Crippen molar-refractivity contribution >= 4 is 0 Å². The number of nitrogens with zero attached hydrogens (tertiary/aromatic N) is 2. The van der Waals surface area contributed by atoms with Gasteiger partial charge in [-0.05, 0) is 31.6 Å². The van der Waals surface area contributed by atoms with Crippen molar-refractivity contribution in [2.75, 3.05) is 0 Å². The number of aryl methyl sites for hydroxylation is 1. The van der Waals surface area contributed by atoms with Gasteiger partial charge in [0, 0.05) is 6.54 Å². The summed E-state index contributed by atoms with van der Waals surface area (Å²) >= 11 is 0. The van der Waals surface area contributed by atoms with Gasteiger partial charge in [-0.15, -0.1) is 0 Å². The summed E-state index contributed by atoms with van der Waals surface area (Å²) in [4.78, 5) is 4.13. The molecule has 16 heavy (non-hydrogen) atoms. The average molecular weight is 222 g/mol. The Balaban J connectivity index is 2.09. The van der Waals surface area contributed by atoms with Gasteiger partial charge in [-0.3, -0.25) is 0 Å². The van der Waals surface area contributed by atoms with E-state index in [4.69, 9.17) is 0 Å². The topological polar surface area (TPSA) is 38.0 Å². The molecule has 3 heteroatoms. The first-order valence-electron chi connectivity index (χ1n) is 6.40. The molecule has 3 unspecified atom stereocenters. The first kappa shape index (κ1) is 11.6. The molecule has 3 nitrogen and oxygen atoms in total. The van der Waals surface area contributed by atoms with Crippen LogP contribution in [0.5, 0.6) is 0 Å². The molecule has 1 saturated carbocycles. The molecule has 0 amide bonds. The Labute approximate surface area is 97.5 Å². The van der Waals surface area contributed by atoms with Crippen LogP contribution >= 0.6 is 0 Å². The maximum Gasteiger partial charge on any atom is 0.0983 e. The van der Waals surface area contributed by atoms with Crippen molar-refractivity contribution < 1.29 is 5.11 Å². The zero-order valence-corrected chi connectivity index (χ0v) is 10.3. The summed E-state index contributed by atoms with van der Waals surface area (Å²) < 4.78 is 2.05. The summed E-state index contributed by atoms with van der Waals surface area (Å²) in [6.45, 7) is 5.26. The van der Waals surface area contributed by atoms with Crippen molar-refractivity contribution in [3.05, 3.63) is 18.2 Å². The van der Waals surface area contributed by atoms with Gasteiger partial charge in [0.1, 0.15) is 0 Å². The zero-order chi connectivity index (χ0) is 11.5. The normalized spacial score (nSPS) is 27.9. The van der Waals surface area contributed by atoms with E-state index >= 15 is 0 Å². The van der Waals surface area contributed by atoms with E-state index in [2.05, 4.69) is 18.8 Å². The number of rotatable bonds is 3. The Bertz CT molecular complexity index is 334. The van der Waals surface area contributed by atoms with E-state index in [1.807, 2.05) is 17.1 Å². The van der Waals surface area contributed by atoms with Crippen molar-refractivity contribution in [1.29, 1.82) is 0 Å². The monoisotopic (exact) mass is 222 g/mol. The smallest absolute Gasteiger partial charge is 0.0983 e. The van der Waals surface area contributed by atoms with E-state index in [1.54, 1.807) is 0 Å². The molecule has 2 rings (SSSR count). The average Bonchev–Trinajstić information content (AvgIpc) is 2.76. The fourth-order valence-electron chi connectivity index (χ4n) is 2.85. The lowest BCUT2D eigenvalue weighted by atomic mass is 9.79. The minimum atomic E-state index is -0.329. The molecule has 3 atom stereocenters. The Hall–Kier alpha value is -0.830. The molecular formula is C13H22N2O.